The topological polar surface area (TPSA) is 78.7 Å². The summed E-state index contributed by atoms with van der Waals surface area (Å²) in [6.45, 7) is -0.626. The van der Waals surface area contributed by atoms with Crippen molar-refractivity contribution in [2.75, 3.05) is 6.54 Å². The fraction of sp³-hybridized carbons (Fsp3) is 0.100. The normalized spacial score (nSPS) is 12.2. The van der Waals surface area contributed by atoms with Crippen molar-refractivity contribution in [3.63, 3.8) is 0 Å². The summed E-state index contributed by atoms with van der Waals surface area (Å²) >= 11 is 5.93. The number of hydrogen-bond donors (Lipinski definition) is 0. The highest BCUT2D eigenvalue weighted by atomic mass is 35.5. The third-order valence-electron chi connectivity index (χ3n) is 3.91. The lowest BCUT2D eigenvalue weighted by atomic mass is 10.1. The number of nitrogens with zero attached hydrogens (tertiary/aromatic N) is 1. The molecule has 0 fully saturated rings. The fourth-order valence-corrected chi connectivity index (χ4v) is 4.74. The van der Waals surface area contributed by atoms with Crippen molar-refractivity contribution in [1.82, 2.24) is 0 Å². The Morgan fingerprint density at radius 3 is 1.75 bits per heavy atom. The summed E-state index contributed by atoms with van der Waals surface area (Å²) in [6.07, 6.45) is 0. The Morgan fingerprint density at radius 2 is 1.32 bits per heavy atom. The second-order valence-corrected chi connectivity index (χ2v) is 8.44. The lowest BCUT2D eigenvalue weighted by molar-refractivity contribution is -0.480. The predicted octanol–water partition coefficient (Wildman–Crippen LogP) is 6.01. The van der Waals surface area contributed by atoms with Crippen molar-refractivity contribution < 1.29 is 18.5 Å². The van der Waals surface area contributed by atoms with Gasteiger partial charge in [-0.15, -0.1) is 0 Å². The summed E-state index contributed by atoms with van der Waals surface area (Å²) in [5.41, 5.74) is -0.684. The van der Waals surface area contributed by atoms with Crippen LogP contribution in [0.1, 0.15) is 11.2 Å². The molecule has 0 N–H and O–H groups in total. The minimum Gasteiger partial charge on any atom is -0.415 e. The van der Waals surface area contributed by atoms with Gasteiger partial charge in [0.05, 0.1) is 0 Å². The molecular formula is C20H17ClNO5P. The van der Waals surface area contributed by atoms with Crippen LogP contribution < -0.4 is 9.05 Å². The van der Waals surface area contributed by atoms with E-state index < -0.39 is 24.7 Å². The molecular weight excluding hydrogens is 401 g/mol. The molecule has 0 aliphatic carbocycles. The summed E-state index contributed by atoms with van der Waals surface area (Å²) in [5, 5.41) is 11.8. The van der Waals surface area contributed by atoms with E-state index in [1.165, 1.54) is 0 Å². The molecule has 0 saturated carbocycles. The summed E-state index contributed by atoms with van der Waals surface area (Å²) < 4.78 is 25.4. The van der Waals surface area contributed by atoms with E-state index in [4.69, 9.17) is 20.6 Å². The molecule has 0 aliphatic heterocycles. The third-order valence-corrected chi connectivity index (χ3v) is 6.32. The Balaban J connectivity index is 2.06. The van der Waals surface area contributed by atoms with Crippen LogP contribution in [-0.4, -0.2) is 11.5 Å². The number of benzene rings is 3. The molecule has 28 heavy (non-hydrogen) atoms. The first-order chi connectivity index (χ1) is 13.5. The summed E-state index contributed by atoms with van der Waals surface area (Å²) in [4.78, 5) is 10.8. The Labute approximate surface area is 167 Å². The van der Waals surface area contributed by atoms with Gasteiger partial charge < -0.3 is 9.05 Å². The quantitative estimate of drug-likeness (QED) is 0.255. The predicted molar refractivity (Wildman–Crippen MR) is 108 cm³/mol. The molecule has 0 radical (unpaired) electrons. The molecule has 0 bridgehead atoms. The molecule has 3 rings (SSSR count). The number of para-hydroxylation sites is 2. The van der Waals surface area contributed by atoms with Gasteiger partial charge in [0.15, 0.2) is 5.66 Å². The summed E-state index contributed by atoms with van der Waals surface area (Å²) in [5.74, 6) is 0.591. The minimum atomic E-state index is -4.05. The zero-order valence-electron chi connectivity index (χ0n) is 14.7. The molecule has 0 aromatic heterocycles. The highest BCUT2D eigenvalue weighted by Gasteiger charge is 2.44. The van der Waals surface area contributed by atoms with Gasteiger partial charge in [-0.25, -0.2) is 4.57 Å². The van der Waals surface area contributed by atoms with Crippen molar-refractivity contribution in [2.24, 2.45) is 0 Å². The molecule has 0 spiro atoms. The lowest BCUT2D eigenvalue weighted by Gasteiger charge is -2.25. The van der Waals surface area contributed by atoms with Crippen LogP contribution in [0, 0.1) is 10.1 Å². The maximum atomic E-state index is 13.9. The Morgan fingerprint density at radius 1 is 0.857 bits per heavy atom. The SMILES string of the molecule is O=[N+]([O-])CC(c1ccc(Cl)cc1)P(=O)(Oc1ccccc1)Oc1ccccc1. The van der Waals surface area contributed by atoms with Crippen LogP contribution in [0.2, 0.25) is 5.02 Å². The van der Waals surface area contributed by atoms with Gasteiger partial charge in [0.25, 0.3) is 0 Å². The van der Waals surface area contributed by atoms with Gasteiger partial charge in [-0.3, -0.25) is 10.1 Å². The van der Waals surface area contributed by atoms with Crippen LogP contribution in [-0.2, 0) is 4.57 Å². The van der Waals surface area contributed by atoms with Crippen LogP contribution in [0.15, 0.2) is 84.9 Å². The van der Waals surface area contributed by atoms with Gasteiger partial charge in [-0.1, -0.05) is 60.1 Å². The molecule has 0 aliphatic rings. The van der Waals surface area contributed by atoms with Crippen molar-refractivity contribution in [2.45, 2.75) is 5.66 Å². The second-order valence-electron chi connectivity index (χ2n) is 5.93. The molecule has 0 saturated heterocycles. The van der Waals surface area contributed by atoms with Gasteiger partial charge in [0.2, 0.25) is 6.54 Å². The molecule has 1 atom stereocenters. The smallest absolute Gasteiger partial charge is 0.415 e. The van der Waals surface area contributed by atoms with Gasteiger partial charge in [0.1, 0.15) is 11.5 Å². The molecule has 0 amide bonds. The molecule has 0 heterocycles. The van der Waals surface area contributed by atoms with Crippen LogP contribution in [0.4, 0.5) is 0 Å². The summed E-state index contributed by atoms with van der Waals surface area (Å²) in [7, 11) is -4.05. The van der Waals surface area contributed by atoms with Gasteiger partial charge in [0, 0.05) is 9.95 Å². The highest BCUT2D eigenvalue weighted by molar-refractivity contribution is 7.55. The van der Waals surface area contributed by atoms with Crippen LogP contribution in [0.3, 0.4) is 0 Å². The monoisotopic (exact) mass is 417 g/mol. The first-order valence-corrected chi connectivity index (χ1v) is 10.4. The van der Waals surface area contributed by atoms with Crippen molar-refractivity contribution in [3.05, 3.63) is 106 Å². The van der Waals surface area contributed by atoms with E-state index in [-0.39, 0.29) is 0 Å². The first-order valence-electron chi connectivity index (χ1n) is 8.42. The second kappa shape index (κ2) is 8.91. The third kappa shape index (κ3) is 5.12. The molecule has 6 nitrogen and oxygen atoms in total. The summed E-state index contributed by atoms with van der Waals surface area (Å²) in [6, 6.07) is 23.2. The zero-order chi connectivity index (χ0) is 20.0. The Kier molecular flexibility index (Phi) is 6.34. The van der Waals surface area contributed by atoms with Gasteiger partial charge in [-0.2, -0.15) is 0 Å². The average Bonchev–Trinajstić information content (AvgIpc) is 2.68. The molecule has 3 aromatic rings. The fourth-order valence-electron chi connectivity index (χ4n) is 2.62. The number of halogens is 1. The molecule has 8 heteroatoms. The average molecular weight is 418 g/mol. The minimum absolute atomic E-state index is 0.295. The Hall–Kier alpha value is -2.82. The Bertz CT molecular complexity index is 921. The van der Waals surface area contributed by atoms with Crippen molar-refractivity contribution in [3.8, 4) is 11.5 Å². The van der Waals surface area contributed by atoms with E-state index >= 15 is 0 Å². The van der Waals surface area contributed by atoms with Gasteiger partial charge in [-0.05, 0) is 42.0 Å². The van der Waals surface area contributed by atoms with Crippen LogP contribution in [0.5, 0.6) is 11.5 Å². The van der Waals surface area contributed by atoms with E-state index in [1.807, 2.05) is 0 Å². The first kappa shape index (κ1) is 19.9. The standard InChI is InChI=1S/C20H17ClNO5P/c21-17-13-11-16(12-14-17)20(15-22(23)24)28(25,26-18-7-3-1-4-8-18)27-19-9-5-2-6-10-19/h1-14,20H,15H2. The maximum Gasteiger partial charge on any atom is 0.444 e. The van der Waals surface area contributed by atoms with Crippen molar-refractivity contribution >= 4 is 19.2 Å². The van der Waals surface area contributed by atoms with Crippen LogP contribution >= 0.6 is 19.2 Å². The maximum absolute atomic E-state index is 13.9. The molecule has 144 valence electrons. The van der Waals surface area contributed by atoms with Gasteiger partial charge >= 0.3 is 7.60 Å². The van der Waals surface area contributed by atoms with E-state index in [1.54, 1.807) is 84.9 Å². The highest BCUT2D eigenvalue weighted by Crippen LogP contribution is 2.60. The van der Waals surface area contributed by atoms with E-state index in [2.05, 4.69) is 0 Å². The number of nitro groups is 1. The van der Waals surface area contributed by atoms with E-state index in [0.29, 0.717) is 22.1 Å². The van der Waals surface area contributed by atoms with Crippen LogP contribution in [0.25, 0.3) is 0 Å². The number of hydrogen-bond acceptors (Lipinski definition) is 5. The largest absolute Gasteiger partial charge is 0.444 e. The van der Waals surface area contributed by atoms with E-state index in [0.717, 1.165) is 0 Å². The molecule has 3 aromatic carbocycles. The molecule has 1 unspecified atom stereocenters. The van der Waals surface area contributed by atoms with Crippen molar-refractivity contribution in [1.29, 1.82) is 0 Å². The lowest BCUT2D eigenvalue weighted by Crippen LogP contribution is -2.18. The number of rotatable bonds is 8. The zero-order valence-corrected chi connectivity index (χ0v) is 16.3. The van der Waals surface area contributed by atoms with E-state index in [9.17, 15) is 14.7 Å².